The van der Waals surface area contributed by atoms with Crippen molar-refractivity contribution >= 4 is 65.3 Å². The molecule has 9 aromatic carbocycles. The Kier molecular flexibility index (Phi) is 7.16. The largest absolute Gasteiger partial charge is 0.455 e. The van der Waals surface area contributed by atoms with Gasteiger partial charge in [-0.2, -0.15) is 0 Å². The number of fused-ring (bicyclic) bond motifs is 9. The van der Waals surface area contributed by atoms with E-state index in [1.165, 1.54) is 16.5 Å². The number of aromatic nitrogens is 4. The van der Waals surface area contributed by atoms with Crippen LogP contribution in [-0.2, 0) is 0 Å². The molecule has 0 saturated carbocycles. The normalized spacial score (nSPS) is 11.8. The van der Waals surface area contributed by atoms with Gasteiger partial charge in [0, 0.05) is 43.7 Å². The summed E-state index contributed by atoms with van der Waals surface area (Å²) < 4.78 is 8.90. The topological polar surface area (TPSA) is 56.7 Å². The van der Waals surface area contributed by atoms with E-state index in [-0.39, 0.29) is 0 Å². The van der Waals surface area contributed by atoms with E-state index in [9.17, 15) is 0 Å². The second kappa shape index (κ2) is 12.8. The van der Waals surface area contributed by atoms with Crippen LogP contribution in [0.3, 0.4) is 0 Å². The Balaban J connectivity index is 1.13. The average molecular weight is 741 g/mol. The van der Waals surface area contributed by atoms with Gasteiger partial charge in [-0.3, -0.25) is 0 Å². The van der Waals surface area contributed by atoms with Crippen molar-refractivity contribution in [3.63, 3.8) is 0 Å². The van der Waals surface area contributed by atoms with Crippen LogP contribution in [0, 0.1) is 0 Å². The fourth-order valence-corrected chi connectivity index (χ4v) is 8.74. The maximum absolute atomic E-state index is 6.55. The number of benzene rings is 9. The zero-order chi connectivity index (χ0) is 38.2. The third-order valence-corrected chi connectivity index (χ3v) is 11.4. The molecule has 0 fully saturated rings. The first kappa shape index (κ1) is 32.4. The number of rotatable bonds is 5. The number of para-hydroxylation sites is 3. The molecule has 0 aliphatic rings. The Morgan fingerprint density at radius 1 is 0.362 bits per heavy atom. The average Bonchev–Trinajstić information content (AvgIpc) is 3.84. The molecule has 0 atom stereocenters. The maximum Gasteiger partial charge on any atom is 0.167 e. The lowest BCUT2D eigenvalue weighted by molar-refractivity contribution is 0.669. The van der Waals surface area contributed by atoms with Crippen molar-refractivity contribution in [2.45, 2.75) is 0 Å². The second-order valence-electron chi connectivity index (χ2n) is 14.8. The van der Waals surface area contributed by atoms with E-state index in [0.29, 0.717) is 17.5 Å². The van der Waals surface area contributed by atoms with Gasteiger partial charge in [0.15, 0.2) is 17.5 Å². The van der Waals surface area contributed by atoms with Crippen LogP contribution in [0.2, 0.25) is 0 Å². The molecule has 58 heavy (non-hydrogen) atoms. The van der Waals surface area contributed by atoms with Gasteiger partial charge >= 0.3 is 0 Å². The van der Waals surface area contributed by atoms with Crippen molar-refractivity contribution in [2.24, 2.45) is 0 Å². The van der Waals surface area contributed by atoms with Crippen LogP contribution < -0.4 is 0 Å². The standard InChI is InChI=1S/C53H32N4O/c1-3-13-33(14-4-1)36-27-29-40-45-31-37(28-30-46(45)57(47(40)32-36)38-17-5-2-6-18-38)51-54-52(43-22-11-16-35-26-25-34-15-7-8-19-39(34)49(35)43)56-53(55-51)44-23-12-21-42-41-20-9-10-24-48(41)58-50(42)44/h1-32H. The molecule has 0 saturated heterocycles. The van der Waals surface area contributed by atoms with E-state index in [0.717, 1.165) is 82.3 Å². The van der Waals surface area contributed by atoms with Gasteiger partial charge in [-0.05, 0) is 75.8 Å². The molecule has 0 radical (unpaired) electrons. The van der Waals surface area contributed by atoms with Crippen molar-refractivity contribution in [1.29, 1.82) is 0 Å². The minimum atomic E-state index is 0.557. The molecule has 0 spiro atoms. The fourth-order valence-electron chi connectivity index (χ4n) is 8.74. The predicted molar refractivity (Wildman–Crippen MR) is 238 cm³/mol. The smallest absolute Gasteiger partial charge is 0.167 e. The Labute approximate surface area is 333 Å². The van der Waals surface area contributed by atoms with Crippen LogP contribution in [0.1, 0.15) is 0 Å². The van der Waals surface area contributed by atoms with Crippen molar-refractivity contribution in [3.8, 4) is 51.0 Å². The van der Waals surface area contributed by atoms with Gasteiger partial charge in [0.25, 0.3) is 0 Å². The van der Waals surface area contributed by atoms with Crippen LogP contribution in [0.25, 0.3) is 116 Å². The fraction of sp³-hybridized carbons (Fsp3) is 0. The van der Waals surface area contributed by atoms with E-state index >= 15 is 0 Å². The van der Waals surface area contributed by atoms with Crippen LogP contribution in [0.4, 0.5) is 0 Å². The Morgan fingerprint density at radius 2 is 1.02 bits per heavy atom. The molecule has 0 unspecified atom stereocenters. The van der Waals surface area contributed by atoms with Crippen molar-refractivity contribution in [3.05, 3.63) is 194 Å². The van der Waals surface area contributed by atoms with E-state index in [4.69, 9.17) is 19.4 Å². The lowest BCUT2D eigenvalue weighted by atomic mass is 9.97. The summed E-state index contributed by atoms with van der Waals surface area (Å²) in [6.45, 7) is 0. The zero-order valence-corrected chi connectivity index (χ0v) is 31.2. The summed E-state index contributed by atoms with van der Waals surface area (Å²) in [5.41, 5.74) is 9.95. The summed E-state index contributed by atoms with van der Waals surface area (Å²) >= 11 is 0. The molecule has 5 nitrogen and oxygen atoms in total. The van der Waals surface area contributed by atoms with E-state index in [2.05, 4.69) is 174 Å². The Morgan fingerprint density at radius 3 is 1.90 bits per heavy atom. The molecular weight excluding hydrogens is 709 g/mol. The summed E-state index contributed by atoms with van der Waals surface area (Å²) in [7, 11) is 0. The molecule has 0 aliphatic heterocycles. The summed E-state index contributed by atoms with van der Waals surface area (Å²) in [4.78, 5) is 15.9. The molecule has 12 rings (SSSR count). The highest BCUT2D eigenvalue weighted by Crippen LogP contribution is 2.40. The summed E-state index contributed by atoms with van der Waals surface area (Å²) in [6.07, 6.45) is 0. The van der Waals surface area contributed by atoms with Crippen LogP contribution in [-0.4, -0.2) is 19.5 Å². The Hall–Kier alpha value is -7.89. The highest BCUT2D eigenvalue weighted by molar-refractivity contribution is 6.15. The van der Waals surface area contributed by atoms with Crippen LogP contribution >= 0.6 is 0 Å². The first-order chi connectivity index (χ1) is 28.7. The van der Waals surface area contributed by atoms with Crippen molar-refractivity contribution in [2.75, 3.05) is 0 Å². The SMILES string of the molecule is c1ccc(-c2ccc3c4cc(-c5nc(-c6cccc7c6oc6ccccc67)nc(-c6cccc7ccc8ccccc8c67)n5)ccc4n(-c4ccccc4)c3c2)cc1. The van der Waals surface area contributed by atoms with E-state index < -0.39 is 0 Å². The van der Waals surface area contributed by atoms with E-state index in [1.807, 2.05) is 24.3 Å². The van der Waals surface area contributed by atoms with Crippen LogP contribution in [0.5, 0.6) is 0 Å². The van der Waals surface area contributed by atoms with Crippen molar-refractivity contribution in [1.82, 2.24) is 19.5 Å². The summed E-state index contributed by atoms with van der Waals surface area (Å²) in [6, 6.07) is 68.1. The second-order valence-corrected chi connectivity index (χ2v) is 14.8. The van der Waals surface area contributed by atoms with Gasteiger partial charge < -0.3 is 8.98 Å². The van der Waals surface area contributed by atoms with E-state index in [1.54, 1.807) is 0 Å². The first-order valence-electron chi connectivity index (χ1n) is 19.5. The molecule has 3 aromatic heterocycles. The van der Waals surface area contributed by atoms with Gasteiger partial charge in [0.1, 0.15) is 11.2 Å². The molecule has 0 N–H and O–H groups in total. The minimum Gasteiger partial charge on any atom is -0.455 e. The number of nitrogens with zero attached hydrogens (tertiary/aromatic N) is 4. The zero-order valence-electron chi connectivity index (χ0n) is 31.2. The highest BCUT2D eigenvalue weighted by Gasteiger charge is 2.21. The van der Waals surface area contributed by atoms with Gasteiger partial charge in [-0.15, -0.1) is 0 Å². The highest BCUT2D eigenvalue weighted by atomic mass is 16.3. The molecular formula is C53H32N4O. The molecule has 12 aromatic rings. The number of hydrogen-bond acceptors (Lipinski definition) is 4. The van der Waals surface area contributed by atoms with Crippen LogP contribution in [0.15, 0.2) is 199 Å². The molecule has 270 valence electrons. The summed E-state index contributed by atoms with van der Waals surface area (Å²) in [5.74, 6) is 1.75. The minimum absolute atomic E-state index is 0.557. The first-order valence-corrected chi connectivity index (χ1v) is 19.5. The third kappa shape index (κ3) is 5.07. The maximum atomic E-state index is 6.55. The van der Waals surface area contributed by atoms with Gasteiger partial charge in [-0.25, -0.2) is 15.0 Å². The van der Waals surface area contributed by atoms with Gasteiger partial charge in [-0.1, -0.05) is 146 Å². The molecule has 3 heterocycles. The quantitative estimate of drug-likeness (QED) is 0.165. The molecule has 5 heteroatoms. The Bertz CT molecular complexity index is 3570. The van der Waals surface area contributed by atoms with Gasteiger partial charge in [0.05, 0.1) is 16.6 Å². The van der Waals surface area contributed by atoms with Gasteiger partial charge in [0.2, 0.25) is 0 Å². The predicted octanol–water partition coefficient (Wildman–Crippen LogP) is 13.8. The lowest BCUT2D eigenvalue weighted by Gasteiger charge is -2.12. The summed E-state index contributed by atoms with van der Waals surface area (Å²) in [5, 5.41) is 8.92. The number of hydrogen-bond donors (Lipinski definition) is 0. The lowest BCUT2D eigenvalue weighted by Crippen LogP contribution is -2.01. The number of furan rings is 1. The van der Waals surface area contributed by atoms with Crippen molar-refractivity contribution < 1.29 is 4.42 Å². The molecule has 0 aliphatic carbocycles. The monoisotopic (exact) mass is 740 g/mol. The molecule has 0 amide bonds. The third-order valence-electron chi connectivity index (χ3n) is 11.4. The molecule has 0 bridgehead atoms.